The van der Waals surface area contributed by atoms with Gasteiger partial charge in [-0.15, -0.1) is 0 Å². The quantitative estimate of drug-likeness (QED) is 0.780. The number of hydrogen-bond donors (Lipinski definition) is 1. The molecule has 1 aromatic rings. The van der Waals surface area contributed by atoms with Crippen LogP contribution in [0.4, 0.5) is 4.39 Å². The molecule has 122 valence electrons. The van der Waals surface area contributed by atoms with Crippen LogP contribution in [0.3, 0.4) is 0 Å². The van der Waals surface area contributed by atoms with E-state index in [-0.39, 0.29) is 17.6 Å². The number of benzene rings is 1. The second-order valence-corrected chi connectivity index (χ2v) is 8.12. The Bertz CT molecular complexity index is 598. The van der Waals surface area contributed by atoms with Gasteiger partial charge in [-0.2, -0.15) is 0 Å². The molecule has 1 unspecified atom stereocenters. The first kappa shape index (κ1) is 16.9. The number of nitrogens with one attached hydrogen (secondary N) is 1. The zero-order chi connectivity index (χ0) is 16.0. The van der Waals surface area contributed by atoms with Gasteiger partial charge in [0.05, 0.1) is 11.5 Å². The minimum Gasteiger partial charge on any atom is -0.356 e. The molecule has 22 heavy (non-hydrogen) atoms. The molecule has 0 spiro atoms. The van der Waals surface area contributed by atoms with Crippen LogP contribution >= 0.6 is 0 Å². The Kier molecular flexibility index (Phi) is 5.94. The van der Waals surface area contributed by atoms with Crippen molar-refractivity contribution in [2.45, 2.75) is 32.1 Å². The first-order chi connectivity index (χ1) is 10.4. The van der Waals surface area contributed by atoms with Crippen LogP contribution in [0, 0.1) is 11.7 Å². The predicted octanol–water partition coefficient (Wildman–Crippen LogP) is 2.09. The highest BCUT2D eigenvalue weighted by Gasteiger charge is 2.27. The zero-order valence-corrected chi connectivity index (χ0v) is 13.4. The molecule has 1 aliphatic heterocycles. The minimum atomic E-state index is -2.81. The van der Waals surface area contributed by atoms with Crippen molar-refractivity contribution in [3.63, 3.8) is 0 Å². The van der Waals surface area contributed by atoms with E-state index in [1.54, 1.807) is 12.1 Å². The largest absolute Gasteiger partial charge is 0.356 e. The Morgan fingerprint density at radius 2 is 2.00 bits per heavy atom. The van der Waals surface area contributed by atoms with Gasteiger partial charge >= 0.3 is 0 Å². The maximum Gasteiger partial charge on any atom is 0.220 e. The Hall–Kier alpha value is -1.43. The summed E-state index contributed by atoms with van der Waals surface area (Å²) in [4.78, 5) is 11.7. The molecule has 1 aliphatic rings. The highest BCUT2D eigenvalue weighted by Crippen LogP contribution is 2.22. The summed E-state index contributed by atoms with van der Waals surface area (Å²) in [6, 6.07) is 6.15. The number of halogens is 1. The van der Waals surface area contributed by atoms with Crippen LogP contribution in [0.25, 0.3) is 0 Å². The molecule has 0 saturated carbocycles. The van der Waals surface area contributed by atoms with Gasteiger partial charge in [0.25, 0.3) is 0 Å². The molecule has 1 aromatic carbocycles. The summed E-state index contributed by atoms with van der Waals surface area (Å²) in [5, 5.41) is 2.85. The van der Waals surface area contributed by atoms with Gasteiger partial charge in [-0.1, -0.05) is 12.1 Å². The van der Waals surface area contributed by atoms with Gasteiger partial charge in [0, 0.05) is 13.0 Å². The molecule has 1 N–H and O–H groups in total. The zero-order valence-electron chi connectivity index (χ0n) is 12.6. The van der Waals surface area contributed by atoms with Crippen LogP contribution in [0.2, 0.25) is 0 Å². The third-order valence-corrected chi connectivity index (χ3v) is 5.83. The maximum absolute atomic E-state index is 12.8. The van der Waals surface area contributed by atoms with Crippen molar-refractivity contribution >= 4 is 15.7 Å². The Morgan fingerprint density at radius 1 is 1.27 bits per heavy atom. The van der Waals surface area contributed by atoms with Crippen molar-refractivity contribution in [3.8, 4) is 0 Å². The van der Waals surface area contributed by atoms with E-state index in [0.29, 0.717) is 30.9 Å². The fourth-order valence-corrected chi connectivity index (χ4v) is 4.63. The summed E-state index contributed by atoms with van der Waals surface area (Å²) < 4.78 is 35.4. The van der Waals surface area contributed by atoms with Crippen molar-refractivity contribution in [1.29, 1.82) is 0 Å². The number of carbonyl (C=O) groups excluding carboxylic acids is 1. The van der Waals surface area contributed by atoms with Crippen LogP contribution in [0.15, 0.2) is 24.3 Å². The summed E-state index contributed by atoms with van der Waals surface area (Å²) in [5.74, 6) is 0.555. The van der Waals surface area contributed by atoms with Crippen molar-refractivity contribution in [3.05, 3.63) is 35.6 Å². The molecule has 1 fully saturated rings. The lowest BCUT2D eigenvalue weighted by atomic mass is 10.0. The molecular formula is C16H22FNO3S. The van der Waals surface area contributed by atoms with Gasteiger partial charge in [-0.25, -0.2) is 12.8 Å². The predicted molar refractivity (Wildman–Crippen MR) is 83.7 cm³/mol. The van der Waals surface area contributed by atoms with Crippen molar-refractivity contribution in [2.24, 2.45) is 5.92 Å². The molecule has 2 rings (SSSR count). The van der Waals surface area contributed by atoms with E-state index in [4.69, 9.17) is 0 Å². The molecule has 0 bridgehead atoms. The Morgan fingerprint density at radius 3 is 2.64 bits per heavy atom. The topological polar surface area (TPSA) is 63.2 Å². The Labute approximate surface area is 131 Å². The van der Waals surface area contributed by atoms with Crippen LogP contribution in [0.1, 0.15) is 31.2 Å². The number of rotatable bonds is 7. The average molecular weight is 327 g/mol. The van der Waals surface area contributed by atoms with Gasteiger partial charge in [-0.05, 0) is 49.3 Å². The fourth-order valence-electron chi connectivity index (χ4n) is 2.72. The summed E-state index contributed by atoms with van der Waals surface area (Å²) in [6.45, 7) is 0.582. The van der Waals surface area contributed by atoms with Gasteiger partial charge in [0.1, 0.15) is 5.82 Å². The van der Waals surface area contributed by atoms with Crippen LogP contribution in [-0.4, -0.2) is 32.4 Å². The SMILES string of the molecule is O=C(CCc1ccc(F)cc1)NCCCC1CCS(=O)(=O)C1. The van der Waals surface area contributed by atoms with Gasteiger partial charge in [0.15, 0.2) is 9.84 Å². The number of amides is 1. The molecule has 6 heteroatoms. The van der Waals surface area contributed by atoms with E-state index >= 15 is 0 Å². The van der Waals surface area contributed by atoms with E-state index in [2.05, 4.69) is 5.32 Å². The number of carbonyl (C=O) groups is 1. The van der Waals surface area contributed by atoms with Crippen LogP contribution in [0.5, 0.6) is 0 Å². The van der Waals surface area contributed by atoms with Crippen LogP contribution in [-0.2, 0) is 21.1 Å². The van der Waals surface area contributed by atoms with Gasteiger partial charge in [0.2, 0.25) is 5.91 Å². The Balaban J connectivity index is 1.57. The van der Waals surface area contributed by atoms with E-state index in [1.165, 1.54) is 12.1 Å². The minimum absolute atomic E-state index is 0.0247. The fraction of sp³-hybridized carbons (Fsp3) is 0.562. The summed E-state index contributed by atoms with van der Waals surface area (Å²) in [7, 11) is -2.81. The normalized spacial score (nSPS) is 20.0. The maximum atomic E-state index is 12.8. The molecule has 0 aromatic heterocycles. The van der Waals surface area contributed by atoms with E-state index in [1.807, 2.05) is 0 Å². The summed E-state index contributed by atoms with van der Waals surface area (Å²) in [6.07, 6.45) is 3.37. The molecular weight excluding hydrogens is 305 g/mol. The molecule has 0 radical (unpaired) electrons. The second kappa shape index (κ2) is 7.72. The van der Waals surface area contributed by atoms with E-state index in [9.17, 15) is 17.6 Å². The van der Waals surface area contributed by atoms with Gasteiger partial charge < -0.3 is 5.32 Å². The first-order valence-electron chi connectivity index (χ1n) is 7.66. The molecule has 1 amide bonds. The smallest absolute Gasteiger partial charge is 0.220 e. The molecule has 1 saturated heterocycles. The molecule has 1 atom stereocenters. The van der Waals surface area contributed by atoms with Crippen molar-refractivity contribution in [2.75, 3.05) is 18.1 Å². The highest BCUT2D eigenvalue weighted by molar-refractivity contribution is 7.91. The molecule has 0 aliphatic carbocycles. The van der Waals surface area contributed by atoms with Gasteiger partial charge in [-0.3, -0.25) is 4.79 Å². The van der Waals surface area contributed by atoms with Crippen molar-refractivity contribution < 1.29 is 17.6 Å². The van der Waals surface area contributed by atoms with Crippen molar-refractivity contribution in [1.82, 2.24) is 5.32 Å². The first-order valence-corrected chi connectivity index (χ1v) is 9.48. The second-order valence-electron chi connectivity index (χ2n) is 5.89. The lowest BCUT2D eigenvalue weighted by molar-refractivity contribution is -0.121. The molecule has 1 heterocycles. The third-order valence-electron chi connectivity index (χ3n) is 3.99. The number of hydrogen-bond acceptors (Lipinski definition) is 3. The highest BCUT2D eigenvalue weighted by atomic mass is 32.2. The monoisotopic (exact) mass is 327 g/mol. The summed E-state index contributed by atoms with van der Waals surface area (Å²) in [5.41, 5.74) is 0.938. The van der Waals surface area contributed by atoms with Crippen LogP contribution < -0.4 is 5.32 Å². The summed E-state index contributed by atoms with van der Waals surface area (Å²) >= 11 is 0. The number of sulfone groups is 1. The average Bonchev–Trinajstić information content (AvgIpc) is 2.82. The lowest BCUT2D eigenvalue weighted by Gasteiger charge is -2.08. The van der Waals surface area contributed by atoms with E-state index in [0.717, 1.165) is 24.8 Å². The standard InChI is InChI=1S/C16H22FNO3S/c17-15-6-3-13(4-7-15)5-8-16(19)18-10-1-2-14-9-11-22(20,21)12-14/h3-4,6-7,14H,1-2,5,8-12H2,(H,18,19). The van der Waals surface area contributed by atoms with E-state index < -0.39 is 9.84 Å². The number of aryl methyl sites for hydroxylation is 1. The lowest BCUT2D eigenvalue weighted by Crippen LogP contribution is -2.25. The molecule has 4 nitrogen and oxygen atoms in total. The third kappa shape index (κ3) is 5.75.